The molecule has 0 aliphatic rings. The fourth-order valence-electron chi connectivity index (χ4n) is 5.54. The number of amides is 2. The van der Waals surface area contributed by atoms with Crippen molar-refractivity contribution in [1.82, 2.24) is 10.6 Å². The average molecular weight is 769 g/mol. The molecule has 0 bridgehead atoms. The summed E-state index contributed by atoms with van der Waals surface area (Å²) < 4.78 is 35.0. The molecule has 0 aromatic heterocycles. The van der Waals surface area contributed by atoms with Crippen molar-refractivity contribution >= 4 is 12.2 Å². The Morgan fingerprint density at radius 2 is 0.786 bits per heavy atom. The van der Waals surface area contributed by atoms with E-state index in [0.29, 0.717) is 63.9 Å². The number of nitrogens with one attached hydrogen (secondary N) is 2. The minimum absolute atomic E-state index is 0.376. The van der Waals surface area contributed by atoms with Crippen LogP contribution < -0.4 is 29.6 Å². The van der Waals surface area contributed by atoms with E-state index >= 15 is 0 Å². The van der Waals surface area contributed by atoms with Crippen LogP contribution in [-0.2, 0) is 9.47 Å². The number of alkyl carbamates (subject to hydrolysis) is 2. The third kappa shape index (κ3) is 15.4. The van der Waals surface area contributed by atoms with Gasteiger partial charge in [-0.05, 0) is 137 Å². The minimum Gasteiger partial charge on any atom is -0.493 e. The van der Waals surface area contributed by atoms with Crippen LogP contribution in [0.5, 0.6) is 23.0 Å². The molecule has 0 saturated carbocycles. The van der Waals surface area contributed by atoms with Gasteiger partial charge in [0.05, 0.1) is 26.4 Å². The highest BCUT2D eigenvalue weighted by Gasteiger charge is 2.17. The first kappa shape index (κ1) is 43.3. The van der Waals surface area contributed by atoms with Gasteiger partial charge in [-0.1, -0.05) is 50.2 Å². The molecule has 2 N–H and O–H groups in total. The van der Waals surface area contributed by atoms with Gasteiger partial charge < -0.3 is 39.1 Å². The maximum atomic E-state index is 12.1. The van der Waals surface area contributed by atoms with E-state index in [2.05, 4.69) is 79.1 Å². The van der Waals surface area contributed by atoms with E-state index in [0.717, 1.165) is 57.7 Å². The fourth-order valence-corrected chi connectivity index (χ4v) is 5.54. The summed E-state index contributed by atoms with van der Waals surface area (Å²) in [4.78, 5) is 24.1. The van der Waals surface area contributed by atoms with Gasteiger partial charge in [0.1, 0.15) is 34.2 Å². The zero-order chi connectivity index (χ0) is 40.6. The Morgan fingerprint density at radius 1 is 0.464 bits per heavy atom. The molecule has 0 saturated heterocycles. The highest BCUT2D eigenvalue weighted by molar-refractivity contribution is 5.78. The van der Waals surface area contributed by atoms with E-state index in [1.807, 2.05) is 71.9 Å². The summed E-state index contributed by atoms with van der Waals surface area (Å²) in [7, 11) is 0. The van der Waals surface area contributed by atoms with Gasteiger partial charge >= 0.3 is 12.2 Å². The zero-order valence-electron chi connectivity index (χ0n) is 34.4. The summed E-state index contributed by atoms with van der Waals surface area (Å²) in [6.07, 6.45) is 2.10. The van der Waals surface area contributed by atoms with Crippen molar-refractivity contribution in [3.05, 3.63) is 84.9 Å². The van der Waals surface area contributed by atoms with Crippen LogP contribution in [0.25, 0.3) is 33.4 Å². The average Bonchev–Trinajstić information content (AvgIpc) is 3.14. The highest BCUT2D eigenvalue weighted by Crippen LogP contribution is 2.35. The van der Waals surface area contributed by atoms with Crippen LogP contribution >= 0.6 is 0 Å². The molecule has 4 rings (SSSR count). The van der Waals surface area contributed by atoms with E-state index in [-0.39, 0.29) is 0 Å². The van der Waals surface area contributed by atoms with Gasteiger partial charge in [-0.2, -0.15) is 0 Å². The van der Waals surface area contributed by atoms with Crippen molar-refractivity contribution in [1.29, 1.82) is 0 Å². The Hall–Kier alpha value is -5.38. The number of ether oxygens (including phenoxy) is 6. The molecule has 56 heavy (non-hydrogen) atoms. The lowest BCUT2D eigenvalue weighted by molar-refractivity contribution is 0.0514. The maximum Gasteiger partial charge on any atom is 0.407 e. The molecule has 0 fully saturated rings. The maximum absolute atomic E-state index is 12.1. The topological polar surface area (TPSA) is 114 Å². The molecule has 0 aliphatic carbocycles. The molecule has 4 aromatic carbocycles. The van der Waals surface area contributed by atoms with Crippen molar-refractivity contribution in [2.45, 2.75) is 92.3 Å². The summed E-state index contributed by atoms with van der Waals surface area (Å²) in [5.41, 5.74) is 5.00. The van der Waals surface area contributed by atoms with Gasteiger partial charge in [-0.15, -0.1) is 0 Å². The fraction of sp³-hybridized carbons (Fsp3) is 0.435. The number of carbonyl (C=O) groups is 2. The molecular weight excluding hydrogens is 709 g/mol. The summed E-state index contributed by atoms with van der Waals surface area (Å²) in [5.74, 6) is 2.86. The van der Waals surface area contributed by atoms with Crippen molar-refractivity contribution in [3.63, 3.8) is 0 Å². The second kappa shape index (κ2) is 21.1. The Kier molecular flexibility index (Phi) is 16.3. The Morgan fingerprint density at radius 3 is 1.11 bits per heavy atom. The Balaban J connectivity index is 1.54. The summed E-state index contributed by atoms with van der Waals surface area (Å²) in [6, 6.07) is 28.8. The van der Waals surface area contributed by atoms with Crippen LogP contribution in [0.2, 0.25) is 0 Å². The highest BCUT2D eigenvalue weighted by atomic mass is 16.6. The van der Waals surface area contributed by atoms with Crippen LogP contribution in [0, 0.1) is 0 Å². The van der Waals surface area contributed by atoms with Gasteiger partial charge in [-0.3, -0.25) is 0 Å². The van der Waals surface area contributed by atoms with Crippen molar-refractivity contribution < 1.29 is 38.0 Å². The molecule has 4 aromatic rings. The lowest BCUT2D eigenvalue weighted by atomic mass is 9.96. The van der Waals surface area contributed by atoms with Crippen LogP contribution in [-0.4, -0.2) is 62.9 Å². The summed E-state index contributed by atoms with van der Waals surface area (Å²) in [5, 5.41) is 5.55. The molecular formula is C46H60N2O8. The molecule has 10 nitrogen and oxygen atoms in total. The van der Waals surface area contributed by atoms with Gasteiger partial charge in [-0.25, -0.2) is 9.59 Å². The van der Waals surface area contributed by atoms with Crippen molar-refractivity contribution in [2.24, 2.45) is 0 Å². The molecule has 0 atom stereocenters. The molecule has 0 heterocycles. The van der Waals surface area contributed by atoms with E-state index in [1.54, 1.807) is 0 Å². The predicted molar refractivity (Wildman–Crippen MR) is 223 cm³/mol. The smallest absolute Gasteiger partial charge is 0.407 e. The SMILES string of the molecule is CCCOc1cc(OCCC)cc(-c2cccc(-c3cccc(-c4cc(OCCCNC(=O)OC(C)(C)C)cc(OCCCNC(=O)OC(C)(C)C)c4)c3)c2)c1. The minimum atomic E-state index is -0.563. The van der Waals surface area contributed by atoms with Crippen LogP contribution in [0.15, 0.2) is 84.9 Å². The number of hydrogen-bond acceptors (Lipinski definition) is 8. The summed E-state index contributed by atoms with van der Waals surface area (Å²) >= 11 is 0. The van der Waals surface area contributed by atoms with Crippen LogP contribution in [0.4, 0.5) is 9.59 Å². The van der Waals surface area contributed by atoms with Gasteiger partial charge in [0.2, 0.25) is 0 Å². The van der Waals surface area contributed by atoms with E-state index in [9.17, 15) is 9.59 Å². The molecule has 0 spiro atoms. The monoisotopic (exact) mass is 768 g/mol. The Labute approximate surface area is 333 Å². The van der Waals surface area contributed by atoms with Gasteiger partial charge in [0, 0.05) is 25.2 Å². The lowest BCUT2D eigenvalue weighted by Crippen LogP contribution is -2.33. The first-order chi connectivity index (χ1) is 26.7. The van der Waals surface area contributed by atoms with Gasteiger partial charge in [0.15, 0.2) is 0 Å². The predicted octanol–water partition coefficient (Wildman–Crippen LogP) is 10.9. The largest absolute Gasteiger partial charge is 0.493 e. The molecule has 10 heteroatoms. The quantitative estimate of drug-likeness (QED) is 0.0907. The second-order valence-corrected chi connectivity index (χ2v) is 15.5. The number of rotatable bonds is 19. The van der Waals surface area contributed by atoms with Crippen LogP contribution in [0.1, 0.15) is 81.1 Å². The second-order valence-electron chi connectivity index (χ2n) is 15.5. The lowest BCUT2D eigenvalue weighted by Gasteiger charge is -2.19. The van der Waals surface area contributed by atoms with E-state index < -0.39 is 23.4 Å². The normalized spacial score (nSPS) is 11.4. The standard InChI is InChI=1S/C46H60N2O8/c1-9-21-51-39-27-37(28-40(31-39)52-22-10-2)35-17-11-15-33(25-35)34-16-12-18-36(26-34)38-29-41(53-23-13-19-47-43(49)55-45(3,4)5)32-42(30-38)54-24-14-20-48-44(50)56-46(6,7)8/h11-12,15-18,25-32H,9-10,13-14,19-24H2,1-8H3,(H,47,49)(H,48,50). The molecule has 0 unspecified atom stereocenters. The van der Waals surface area contributed by atoms with E-state index in [4.69, 9.17) is 28.4 Å². The molecule has 2 amide bonds. The van der Waals surface area contributed by atoms with Crippen LogP contribution in [0.3, 0.4) is 0 Å². The zero-order valence-corrected chi connectivity index (χ0v) is 34.4. The summed E-state index contributed by atoms with van der Waals surface area (Å²) in [6.45, 7) is 18.0. The third-order valence-electron chi connectivity index (χ3n) is 7.95. The first-order valence-electron chi connectivity index (χ1n) is 19.7. The third-order valence-corrected chi connectivity index (χ3v) is 7.95. The van der Waals surface area contributed by atoms with Crippen molar-refractivity contribution in [2.75, 3.05) is 39.5 Å². The Bertz CT molecular complexity index is 1780. The van der Waals surface area contributed by atoms with Gasteiger partial charge in [0.25, 0.3) is 0 Å². The number of hydrogen-bond donors (Lipinski definition) is 2. The first-order valence-corrected chi connectivity index (χ1v) is 19.7. The molecule has 302 valence electrons. The van der Waals surface area contributed by atoms with E-state index in [1.165, 1.54) is 0 Å². The number of benzene rings is 4. The van der Waals surface area contributed by atoms with Crippen molar-refractivity contribution in [3.8, 4) is 56.4 Å². The number of carbonyl (C=O) groups excluding carboxylic acids is 2. The molecule has 0 aliphatic heterocycles. The molecule has 0 radical (unpaired) electrons.